The molecule has 0 fully saturated rings. The lowest BCUT2D eigenvalue weighted by atomic mass is 10.3. The number of carbonyl (C=O) groups excluding carboxylic acids is 1. The maximum absolute atomic E-state index is 13.0. The number of thiazole rings is 1. The van der Waals surface area contributed by atoms with Crippen molar-refractivity contribution in [1.29, 1.82) is 0 Å². The van der Waals surface area contributed by atoms with E-state index in [0.29, 0.717) is 35.9 Å². The summed E-state index contributed by atoms with van der Waals surface area (Å²) in [6, 6.07) is 14.9. The predicted octanol–water partition coefficient (Wildman–Crippen LogP) is 3.78. The van der Waals surface area contributed by atoms with Crippen molar-refractivity contribution in [3.8, 4) is 0 Å². The van der Waals surface area contributed by atoms with Gasteiger partial charge in [0.1, 0.15) is 0 Å². The zero-order valence-electron chi connectivity index (χ0n) is 17.2. The highest BCUT2D eigenvalue weighted by molar-refractivity contribution is 7.99. The van der Waals surface area contributed by atoms with Gasteiger partial charge in [-0.25, -0.2) is 13.4 Å². The fraction of sp³-hybridized carbons (Fsp3) is 0.333. The van der Waals surface area contributed by atoms with E-state index in [4.69, 9.17) is 0 Å². The molecule has 0 aliphatic heterocycles. The fourth-order valence-corrected chi connectivity index (χ4v) is 5.41. The quantitative estimate of drug-likeness (QED) is 0.450. The third-order valence-electron chi connectivity index (χ3n) is 4.41. The zero-order chi connectivity index (χ0) is 21.7. The van der Waals surface area contributed by atoms with Gasteiger partial charge < -0.3 is 4.90 Å². The summed E-state index contributed by atoms with van der Waals surface area (Å²) in [6.07, 6.45) is 1.59. The van der Waals surface area contributed by atoms with Crippen molar-refractivity contribution in [2.24, 2.45) is 0 Å². The van der Waals surface area contributed by atoms with Crippen LogP contribution in [0.2, 0.25) is 0 Å². The third kappa shape index (κ3) is 6.04. The summed E-state index contributed by atoms with van der Waals surface area (Å²) in [5.74, 6) is 0.701. The van der Waals surface area contributed by atoms with Gasteiger partial charge in [0, 0.05) is 36.4 Å². The number of anilines is 1. The number of fused-ring (bicyclic) bond motifs is 1. The van der Waals surface area contributed by atoms with Crippen LogP contribution in [0.4, 0.5) is 5.13 Å². The highest BCUT2D eigenvalue weighted by atomic mass is 32.2. The molecule has 3 aromatic rings. The highest BCUT2D eigenvalue weighted by Crippen LogP contribution is 2.31. The van der Waals surface area contributed by atoms with Crippen LogP contribution in [0.1, 0.15) is 6.42 Å². The van der Waals surface area contributed by atoms with E-state index in [1.165, 1.54) is 17.6 Å². The molecule has 0 bridgehead atoms. The van der Waals surface area contributed by atoms with Crippen LogP contribution < -0.4 is 4.90 Å². The summed E-state index contributed by atoms with van der Waals surface area (Å²) >= 11 is 3.00. The Morgan fingerprint density at radius 1 is 1.10 bits per heavy atom. The summed E-state index contributed by atoms with van der Waals surface area (Å²) < 4.78 is 24.5. The van der Waals surface area contributed by atoms with Gasteiger partial charge in [-0.3, -0.25) is 9.69 Å². The number of hydrogen-bond acceptors (Lipinski definition) is 7. The van der Waals surface area contributed by atoms with Crippen LogP contribution in [-0.2, 0) is 14.6 Å². The van der Waals surface area contributed by atoms with Gasteiger partial charge in [0.2, 0.25) is 5.91 Å². The molecule has 1 heterocycles. The molecule has 30 heavy (non-hydrogen) atoms. The van der Waals surface area contributed by atoms with Gasteiger partial charge in [0.25, 0.3) is 0 Å². The number of carbonyl (C=O) groups is 1. The average Bonchev–Trinajstić information content (AvgIpc) is 3.11. The van der Waals surface area contributed by atoms with E-state index in [1.807, 2.05) is 49.3 Å². The lowest BCUT2D eigenvalue weighted by Crippen LogP contribution is -2.36. The lowest BCUT2D eigenvalue weighted by molar-refractivity contribution is -0.118. The number of benzene rings is 2. The molecule has 3 rings (SSSR count). The minimum atomic E-state index is -3.29. The Morgan fingerprint density at radius 3 is 2.50 bits per heavy atom. The van der Waals surface area contributed by atoms with E-state index in [0.717, 1.165) is 9.60 Å². The van der Waals surface area contributed by atoms with Gasteiger partial charge in [-0.1, -0.05) is 29.5 Å². The van der Waals surface area contributed by atoms with Gasteiger partial charge >= 0.3 is 0 Å². The second-order valence-electron chi connectivity index (χ2n) is 7.16. The van der Waals surface area contributed by atoms with Crippen molar-refractivity contribution in [3.05, 3.63) is 48.5 Å². The average molecular weight is 464 g/mol. The molecular weight excluding hydrogens is 438 g/mol. The fourth-order valence-electron chi connectivity index (χ4n) is 2.77. The Hall–Kier alpha value is -1.94. The van der Waals surface area contributed by atoms with E-state index in [2.05, 4.69) is 4.98 Å². The molecule has 1 amide bonds. The van der Waals surface area contributed by atoms with Crippen molar-refractivity contribution < 1.29 is 13.2 Å². The summed E-state index contributed by atoms with van der Waals surface area (Å²) in [5, 5.41) is 0.604. The third-order valence-corrected chi connectivity index (χ3v) is 7.57. The van der Waals surface area contributed by atoms with Crippen molar-refractivity contribution in [1.82, 2.24) is 9.88 Å². The van der Waals surface area contributed by atoms with Crippen molar-refractivity contribution in [2.75, 3.05) is 44.1 Å². The van der Waals surface area contributed by atoms with E-state index in [-0.39, 0.29) is 10.8 Å². The zero-order valence-corrected chi connectivity index (χ0v) is 19.7. The van der Waals surface area contributed by atoms with Gasteiger partial charge in [-0.05, 0) is 44.4 Å². The lowest BCUT2D eigenvalue weighted by Gasteiger charge is -2.22. The number of rotatable bonds is 9. The standard InChI is InChI=1S/C21H25N3O3S3/c1-23(2)12-13-24(20(25)11-14-28-16-7-5-4-6-8-16)21-22-18-10-9-17(30(3,26)27)15-19(18)29-21/h4-10,15H,11-14H2,1-3H3. The minimum absolute atomic E-state index is 0.0164. The largest absolute Gasteiger partial charge is 0.308 e. The Morgan fingerprint density at radius 2 is 1.83 bits per heavy atom. The van der Waals surface area contributed by atoms with Crippen LogP contribution in [0, 0.1) is 0 Å². The molecule has 1 aromatic heterocycles. The smallest absolute Gasteiger partial charge is 0.229 e. The Balaban J connectivity index is 1.79. The van der Waals surface area contributed by atoms with Gasteiger partial charge in [-0.2, -0.15) is 0 Å². The first-order valence-electron chi connectivity index (χ1n) is 9.47. The molecule has 0 saturated carbocycles. The molecule has 6 nitrogen and oxygen atoms in total. The predicted molar refractivity (Wildman–Crippen MR) is 125 cm³/mol. The number of sulfone groups is 1. The van der Waals surface area contributed by atoms with Crippen LogP contribution in [0.15, 0.2) is 58.3 Å². The molecule has 0 unspecified atom stereocenters. The molecule has 9 heteroatoms. The van der Waals surface area contributed by atoms with E-state index in [1.54, 1.807) is 34.9 Å². The second kappa shape index (κ2) is 9.91. The Labute approximate surface area is 185 Å². The first kappa shape index (κ1) is 22.7. The van der Waals surface area contributed by atoms with Gasteiger partial charge in [0.15, 0.2) is 15.0 Å². The number of aromatic nitrogens is 1. The molecule has 0 atom stereocenters. The van der Waals surface area contributed by atoms with E-state index >= 15 is 0 Å². The number of amides is 1. The first-order valence-corrected chi connectivity index (χ1v) is 13.2. The van der Waals surface area contributed by atoms with Crippen LogP contribution >= 0.6 is 23.1 Å². The summed E-state index contributed by atoms with van der Waals surface area (Å²) in [5.41, 5.74) is 0.698. The van der Waals surface area contributed by atoms with E-state index < -0.39 is 9.84 Å². The monoisotopic (exact) mass is 463 g/mol. The maximum atomic E-state index is 13.0. The molecule has 160 valence electrons. The minimum Gasteiger partial charge on any atom is -0.308 e. The van der Waals surface area contributed by atoms with Crippen LogP contribution in [0.25, 0.3) is 10.2 Å². The van der Waals surface area contributed by atoms with Crippen molar-refractivity contribution in [2.45, 2.75) is 16.2 Å². The van der Waals surface area contributed by atoms with Crippen molar-refractivity contribution >= 4 is 54.2 Å². The molecule has 0 spiro atoms. The second-order valence-corrected chi connectivity index (χ2v) is 11.4. The summed E-state index contributed by atoms with van der Waals surface area (Å²) in [4.78, 5) is 22.8. The van der Waals surface area contributed by atoms with Crippen molar-refractivity contribution in [3.63, 3.8) is 0 Å². The molecule has 0 radical (unpaired) electrons. The maximum Gasteiger partial charge on any atom is 0.229 e. The van der Waals surface area contributed by atoms with Gasteiger partial charge in [-0.15, -0.1) is 11.8 Å². The Bertz CT molecular complexity index is 1110. The van der Waals surface area contributed by atoms with Crippen LogP contribution in [0.5, 0.6) is 0 Å². The SMILES string of the molecule is CN(C)CCN(C(=O)CCSc1ccccc1)c1nc2ccc(S(C)(=O)=O)cc2s1. The van der Waals surface area contributed by atoms with Crippen LogP contribution in [0.3, 0.4) is 0 Å². The first-order chi connectivity index (χ1) is 14.2. The number of thioether (sulfide) groups is 1. The molecule has 0 aliphatic rings. The number of nitrogens with zero attached hydrogens (tertiary/aromatic N) is 3. The number of hydrogen-bond donors (Lipinski definition) is 0. The molecule has 0 aliphatic carbocycles. The van der Waals surface area contributed by atoms with Gasteiger partial charge in [0.05, 0.1) is 15.1 Å². The molecule has 0 N–H and O–H groups in total. The molecular formula is C21H25N3O3S3. The molecule has 2 aromatic carbocycles. The Kier molecular flexibility index (Phi) is 7.51. The summed E-state index contributed by atoms with van der Waals surface area (Å²) in [6.45, 7) is 1.24. The van der Waals surface area contributed by atoms with E-state index in [9.17, 15) is 13.2 Å². The number of likely N-dealkylation sites (N-methyl/N-ethyl adjacent to an activating group) is 1. The normalized spacial score (nSPS) is 11.9. The topological polar surface area (TPSA) is 70.6 Å². The van der Waals surface area contributed by atoms with Crippen LogP contribution in [-0.4, -0.2) is 63.4 Å². The summed E-state index contributed by atoms with van der Waals surface area (Å²) in [7, 11) is 0.633. The highest BCUT2D eigenvalue weighted by Gasteiger charge is 2.20. The molecule has 0 saturated heterocycles.